The highest BCUT2D eigenvalue weighted by Crippen LogP contribution is 2.18. The van der Waals surface area contributed by atoms with Gasteiger partial charge in [-0.25, -0.2) is 0 Å². The van der Waals surface area contributed by atoms with E-state index in [2.05, 4.69) is 36.3 Å². The highest BCUT2D eigenvalue weighted by atomic mass is 16.5. The number of nitrogens with one attached hydrogen (secondary N) is 1. The second kappa shape index (κ2) is 8.81. The van der Waals surface area contributed by atoms with Crippen molar-refractivity contribution in [2.24, 2.45) is 4.99 Å². The third kappa shape index (κ3) is 5.54. The van der Waals surface area contributed by atoms with Crippen molar-refractivity contribution in [3.05, 3.63) is 89.5 Å². The molecule has 4 heteroatoms. The smallest absolute Gasteiger partial charge is 0.262 e. The maximum atomic E-state index is 12.0. The second-order valence-electron chi connectivity index (χ2n) is 6.30. The Hall–Kier alpha value is -3.40. The number of anilines is 1. The topological polar surface area (TPSA) is 50.7 Å². The molecule has 27 heavy (non-hydrogen) atoms. The van der Waals surface area contributed by atoms with Crippen molar-refractivity contribution in [2.45, 2.75) is 13.8 Å². The first kappa shape index (κ1) is 18.4. The molecule has 3 aromatic carbocycles. The molecule has 0 aliphatic rings. The SMILES string of the molecule is Cc1ccc(N=Cc2cccc(OCC(=O)Nc3ccccc3)c2)cc1C. The van der Waals surface area contributed by atoms with Gasteiger partial charge in [-0.15, -0.1) is 0 Å². The van der Waals surface area contributed by atoms with E-state index in [1.807, 2.05) is 60.7 Å². The van der Waals surface area contributed by atoms with E-state index in [0.717, 1.165) is 16.9 Å². The van der Waals surface area contributed by atoms with Crippen molar-refractivity contribution < 1.29 is 9.53 Å². The van der Waals surface area contributed by atoms with Gasteiger partial charge in [0.05, 0.1) is 5.69 Å². The molecule has 0 unspecified atom stereocenters. The summed E-state index contributed by atoms with van der Waals surface area (Å²) in [6.45, 7) is 4.10. The van der Waals surface area contributed by atoms with Gasteiger partial charge in [0.2, 0.25) is 0 Å². The van der Waals surface area contributed by atoms with Gasteiger partial charge in [-0.1, -0.05) is 36.4 Å². The summed E-state index contributed by atoms with van der Waals surface area (Å²) < 4.78 is 5.59. The Labute approximate surface area is 159 Å². The van der Waals surface area contributed by atoms with Crippen LogP contribution < -0.4 is 10.1 Å². The van der Waals surface area contributed by atoms with Crippen molar-refractivity contribution in [1.29, 1.82) is 0 Å². The molecule has 0 bridgehead atoms. The minimum absolute atomic E-state index is 0.0490. The molecule has 3 aromatic rings. The minimum Gasteiger partial charge on any atom is -0.484 e. The first-order valence-corrected chi connectivity index (χ1v) is 8.79. The van der Waals surface area contributed by atoms with E-state index in [4.69, 9.17) is 4.74 Å². The second-order valence-corrected chi connectivity index (χ2v) is 6.30. The van der Waals surface area contributed by atoms with Crippen LogP contribution in [0, 0.1) is 13.8 Å². The van der Waals surface area contributed by atoms with Crippen molar-refractivity contribution in [3.8, 4) is 5.75 Å². The summed E-state index contributed by atoms with van der Waals surface area (Å²) in [6, 6.07) is 22.9. The van der Waals surface area contributed by atoms with Crippen molar-refractivity contribution in [2.75, 3.05) is 11.9 Å². The lowest BCUT2D eigenvalue weighted by Crippen LogP contribution is -2.20. The number of amides is 1. The fraction of sp³-hybridized carbons (Fsp3) is 0.130. The van der Waals surface area contributed by atoms with Crippen LogP contribution in [0.1, 0.15) is 16.7 Å². The molecule has 0 atom stereocenters. The molecule has 0 radical (unpaired) electrons. The zero-order valence-electron chi connectivity index (χ0n) is 15.5. The van der Waals surface area contributed by atoms with Gasteiger partial charge in [-0.2, -0.15) is 0 Å². The number of carbonyl (C=O) groups excluding carboxylic acids is 1. The van der Waals surface area contributed by atoms with Crippen LogP contribution in [0.5, 0.6) is 5.75 Å². The molecule has 1 N–H and O–H groups in total. The van der Waals surface area contributed by atoms with Gasteiger partial charge < -0.3 is 10.1 Å². The maximum absolute atomic E-state index is 12.0. The molecule has 4 nitrogen and oxygen atoms in total. The lowest BCUT2D eigenvalue weighted by atomic mass is 10.1. The van der Waals surface area contributed by atoms with Crippen LogP contribution >= 0.6 is 0 Å². The summed E-state index contributed by atoms with van der Waals surface area (Å²) in [5.74, 6) is 0.428. The molecule has 0 saturated heterocycles. The molecule has 0 spiro atoms. The predicted molar refractivity (Wildman–Crippen MR) is 110 cm³/mol. The number of para-hydroxylation sites is 1. The fourth-order valence-corrected chi connectivity index (χ4v) is 2.51. The van der Waals surface area contributed by atoms with Gasteiger partial charge in [0.1, 0.15) is 5.75 Å². The van der Waals surface area contributed by atoms with Crippen LogP contribution in [0.3, 0.4) is 0 Å². The Kier molecular flexibility index (Phi) is 6.00. The number of rotatable bonds is 6. The Morgan fingerprint density at radius 1 is 0.963 bits per heavy atom. The zero-order chi connectivity index (χ0) is 19.1. The normalized spacial score (nSPS) is 10.7. The highest BCUT2D eigenvalue weighted by Gasteiger charge is 2.04. The van der Waals surface area contributed by atoms with Crippen molar-refractivity contribution in [3.63, 3.8) is 0 Å². The van der Waals surface area contributed by atoms with Crippen LogP contribution in [0.4, 0.5) is 11.4 Å². The quantitative estimate of drug-likeness (QED) is 0.625. The molecule has 0 heterocycles. The summed E-state index contributed by atoms with van der Waals surface area (Å²) in [7, 11) is 0. The van der Waals surface area contributed by atoms with Gasteiger partial charge in [0.15, 0.2) is 6.61 Å². The standard InChI is InChI=1S/C23H22N2O2/c1-17-11-12-21(13-18(17)2)24-15-19-7-6-10-22(14-19)27-16-23(26)25-20-8-4-3-5-9-20/h3-15H,16H2,1-2H3,(H,25,26). The van der Waals surface area contributed by atoms with Crippen LogP contribution in [0.25, 0.3) is 0 Å². The lowest BCUT2D eigenvalue weighted by molar-refractivity contribution is -0.118. The maximum Gasteiger partial charge on any atom is 0.262 e. The largest absolute Gasteiger partial charge is 0.484 e. The minimum atomic E-state index is -0.199. The number of hydrogen-bond acceptors (Lipinski definition) is 3. The van der Waals surface area contributed by atoms with Gasteiger partial charge in [-0.3, -0.25) is 9.79 Å². The van der Waals surface area contributed by atoms with E-state index >= 15 is 0 Å². The summed E-state index contributed by atoms with van der Waals surface area (Å²) in [4.78, 5) is 16.5. The van der Waals surface area contributed by atoms with Gasteiger partial charge in [0.25, 0.3) is 5.91 Å². The number of aryl methyl sites for hydroxylation is 2. The van der Waals surface area contributed by atoms with Gasteiger partial charge in [-0.05, 0) is 66.9 Å². The summed E-state index contributed by atoms with van der Waals surface area (Å²) in [5.41, 5.74) is 5.03. The third-order valence-corrected chi connectivity index (χ3v) is 4.14. The average Bonchev–Trinajstić information content (AvgIpc) is 2.68. The van der Waals surface area contributed by atoms with E-state index in [1.54, 1.807) is 6.21 Å². The number of benzene rings is 3. The molecule has 3 rings (SSSR count). The molecular formula is C23H22N2O2. The average molecular weight is 358 g/mol. The molecule has 0 aromatic heterocycles. The van der Waals surface area contributed by atoms with Gasteiger partial charge in [0, 0.05) is 11.9 Å². The Morgan fingerprint density at radius 2 is 1.78 bits per heavy atom. The zero-order valence-corrected chi connectivity index (χ0v) is 15.5. The predicted octanol–water partition coefficient (Wildman–Crippen LogP) is 5.07. The van der Waals surface area contributed by atoms with E-state index in [-0.39, 0.29) is 12.5 Å². The third-order valence-electron chi connectivity index (χ3n) is 4.14. The molecule has 0 aliphatic heterocycles. The fourth-order valence-electron chi connectivity index (χ4n) is 2.51. The van der Waals surface area contributed by atoms with Crippen molar-refractivity contribution >= 4 is 23.5 Å². The molecule has 0 saturated carbocycles. The molecule has 0 aliphatic carbocycles. The van der Waals surface area contributed by atoms with E-state index in [1.165, 1.54) is 11.1 Å². The Bertz CT molecular complexity index is 950. The number of nitrogens with zero attached hydrogens (tertiary/aromatic N) is 1. The van der Waals surface area contributed by atoms with Crippen LogP contribution in [0.15, 0.2) is 77.8 Å². The first-order valence-electron chi connectivity index (χ1n) is 8.79. The Morgan fingerprint density at radius 3 is 2.56 bits per heavy atom. The summed E-state index contributed by atoms with van der Waals surface area (Å²) in [5, 5.41) is 2.79. The summed E-state index contributed by atoms with van der Waals surface area (Å²) >= 11 is 0. The number of carbonyl (C=O) groups is 1. The van der Waals surface area contributed by atoms with E-state index < -0.39 is 0 Å². The molecular weight excluding hydrogens is 336 g/mol. The monoisotopic (exact) mass is 358 g/mol. The molecule has 0 fully saturated rings. The number of hydrogen-bond donors (Lipinski definition) is 1. The highest BCUT2D eigenvalue weighted by molar-refractivity contribution is 5.91. The Balaban J connectivity index is 1.59. The number of aliphatic imine (C=N–C) groups is 1. The van der Waals surface area contributed by atoms with Crippen molar-refractivity contribution in [1.82, 2.24) is 0 Å². The summed E-state index contributed by atoms with van der Waals surface area (Å²) in [6.07, 6.45) is 1.79. The number of ether oxygens (including phenoxy) is 1. The first-order chi connectivity index (χ1) is 13.1. The molecule has 136 valence electrons. The van der Waals surface area contributed by atoms with E-state index in [9.17, 15) is 4.79 Å². The van der Waals surface area contributed by atoms with Crippen LogP contribution in [0.2, 0.25) is 0 Å². The van der Waals surface area contributed by atoms with Gasteiger partial charge >= 0.3 is 0 Å². The van der Waals surface area contributed by atoms with E-state index in [0.29, 0.717) is 5.75 Å². The molecule has 1 amide bonds. The van der Waals surface area contributed by atoms with Crippen LogP contribution in [-0.2, 0) is 4.79 Å². The van der Waals surface area contributed by atoms with Crippen LogP contribution in [-0.4, -0.2) is 18.7 Å². The lowest BCUT2D eigenvalue weighted by Gasteiger charge is -2.08.